The van der Waals surface area contributed by atoms with Crippen molar-refractivity contribution in [3.8, 4) is 6.07 Å². The fourth-order valence-electron chi connectivity index (χ4n) is 2.39. The van der Waals surface area contributed by atoms with E-state index in [1.54, 1.807) is 12.1 Å². The van der Waals surface area contributed by atoms with Gasteiger partial charge < -0.3 is 5.32 Å². The molecule has 0 spiro atoms. The van der Waals surface area contributed by atoms with Gasteiger partial charge in [-0.05, 0) is 43.4 Å². The second kappa shape index (κ2) is 5.41. The summed E-state index contributed by atoms with van der Waals surface area (Å²) in [6, 6.07) is 9.47. The van der Waals surface area contributed by atoms with E-state index in [-0.39, 0.29) is 12.3 Å². The van der Waals surface area contributed by atoms with Crippen LogP contribution in [-0.4, -0.2) is 11.4 Å². The van der Waals surface area contributed by atoms with Crippen LogP contribution in [0.2, 0.25) is 5.02 Å². The average molecular weight is 263 g/mol. The van der Waals surface area contributed by atoms with E-state index >= 15 is 0 Å². The summed E-state index contributed by atoms with van der Waals surface area (Å²) in [7, 11) is 0. The van der Waals surface area contributed by atoms with Crippen LogP contribution < -0.4 is 5.32 Å². The van der Waals surface area contributed by atoms with Gasteiger partial charge in [-0.25, -0.2) is 0 Å². The Balaban J connectivity index is 1.99. The zero-order valence-corrected chi connectivity index (χ0v) is 10.8. The zero-order chi connectivity index (χ0) is 13.0. The quantitative estimate of drug-likeness (QED) is 0.911. The third kappa shape index (κ3) is 3.02. The standard InChI is InChI=1S/C14H15ClN2O/c15-12-5-3-4-11(8-12)9-13(18)17-14(10-16)6-1-2-7-14/h3-5,8H,1-2,6-7,9H2,(H,17,18). The molecule has 1 aliphatic rings. The van der Waals surface area contributed by atoms with Crippen molar-refractivity contribution in [1.29, 1.82) is 5.26 Å². The average Bonchev–Trinajstić information content (AvgIpc) is 2.78. The molecule has 1 saturated carbocycles. The van der Waals surface area contributed by atoms with Crippen LogP contribution in [0.4, 0.5) is 0 Å². The fourth-order valence-corrected chi connectivity index (χ4v) is 2.60. The monoisotopic (exact) mass is 262 g/mol. The summed E-state index contributed by atoms with van der Waals surface area (Å²) in [4.78, 5) is 11.9. The Morgan fingerprint density at radius 1 is 1.44 bits per heavy atom. The Morgan fingerprint density at radius 2 is 2.17 bits per heavy atom. The number of nitrogens with zero attached hydrogens (tertiary/aromatic N) is 1. The molecule has 18 heavy (non-hydrogen) atoms. The highest BCUT2D eigenvalue weighted by Gasteiger charge is 2.35. The van der Waals surface area contributed by atoms with E-state index in [4.69, 9.17) is 11.6 Å². The van der Waals surface area contributed by atoms with Gasteiger partial charge >= 0.3 is 0 Å². The highest BCUT2D eigenvalue weighted by molar-refractivity contribution is 6.30. The number of nitrogens with one attached hydrogen (secondary N) is 1. The van der Waals surface area contributed by atoms with E-state index in [9.17, 15) is 10.1 Å². The first kappa shape index (κ1) is 12.9. The summed E-state index contributed by atoms with van der Waals surface area (Å²) in [5, 5.41) is 12.7. The lowest BCUT2D eigenvalue weighted by atomic mass is 9.99. The molecule has 1 amide bonds. The Labute approximate surface area is 112 Å². The summed E-state index contributed by atoms with van der Waals surface area (Å²) in [6.45, 7) is 0. The van der Waals surface area contributed by atoms with Crippen molar-refractivity contribution in [2.24, 2.45) is 0 Å². The van der Waals surface area contributed by atoms with Crippen molar-refractivity contribution < 1.29 is 4.79 Å². The molecule has 0 saturated heterocycles. The lowest BCUT2D eigenvalue weighted by Gasteiger charge is -2.21. The van der Waals surface area contributed by atoms with Gasteiger partial charge in [0.15, 0.2) is 0 Å². The van der Waals surface area contributed by atoms with E-state index in [0.717, 1.165) is 31.2 Å². The number of amides is 1. The number of rotatable bonds is 3. The molecule has 0 unspecified atom stereocenters. The van der Waals surface area contributed by atoms with Crippen LogP contribution in [0.3, 0.4) is 0 Å². The molecule has 4 heteroatoms. The summed E-state index contributed by atoms with van der Waals surface area (Å²) in [5.41, 5.74) is 0.224. The Bertz CT molecular complexity index is 487. The second-order valence-corrected chi connectivity index (χ2v) is 5.19. The highest BCUT2D eigenvalue weighted by atomic mass is 35.5. The highest BCUT2D eigenvalue weighted by Crippen LogP contribution is 2.28. The molecule has 0 radical (unpaired) electrons. The molecule has 0 heterocycles. The van der Waals surface area contributed by atoms with E-state index in [1.165, 1.54) is 0 Å². The van der Waals surface area contributed by atoms with Gasteiger partial charge in [0.1, 0.15) is 5.54 Å². The minimum Gasteiger partial charge on any atom is -0.338 e. The van der Waals surface area contributed by atoms with Gasteiger partial charge in [-0.15, -0.1) is 0 Å². The van der Waals surface area contributed by atoms with Crippen molar-refractivity contribution in [1.82, 2.24) is 5.32 Å². The number of nitriles is 1. The SMILES string of the molecule is N#CC1(NC(=O)Cc2cccc(Cl)c2)CCCC1. The topological polar surface area (TPSA) is 52.9 Å². The van der Waals surface area contributed by atoms with Gasteiger partial charge in [-0.1, -0.05) is 23.7 Å². The molecular weight excluding hydrogens is 248 g/mol. The Kier molecular flexibility index (Phi) is 3.88. The minimum absolute atomic E-state index is 0.110. The maximum absolute atomic E-state index is 11.9. The van der Waals surface area contributed by atoms with E-state index in [0.29, 0.717) is 5.02 Å². The van der Waals surface area contributed by atoms with Crippen LogP contribution in [0, 0.1) is 11.3 Å². The number of carbonyl (C=O) groups excluding carboxylic acids is 1. The minimum atomic E-state index is -0.643. The number of hydrogen-bond acceptors (Lipinski definition) is 2. The van der Waals surface area contributed by atoms with Gasteiger partial charge in [0.25, 0.3) is 0 Å². The number of halogens is 1. The van der Waals surface area contributed by atoms with Crippen molar-refractivity contribution in [3.05, 3.63) is 34.9 Å². The number of benzene rings is 1. The summed E-state index contributed by atoms with van der Waals surface area (Å²) >= 11 is 5.87. The fraction of sp³-hybridized carbons (Fsp3) is 0.429. The number of hydrogen-bond donors (Lipinski definition) is 1. The molecule has 3 nitrogen and oxygen atoms in total. The van der Waals surface area contributed by atoms with Crippen LogP contribution in [-0.2, 0) is 11.2 Å². The molecule has 2 rings (SSSR count). The first-order valence-electron chi connectivity index (χ1n) is 6.10. The van der Waals surface area contributed by atoms with Crippen LogP contribution >= 0.6 is 11.6 Å². The second-order valence-electron chi connectivity index (χ2n) is 4.76. The van der Waals surface area contributed by atoms with Crippen molar-refractivity contribution in [2.45, 2.75) is 37.6 Å². The maximum Gasteiger partial charge on any atom is 0.225 e. The van der Waals surface area contributed by atoms with Crippen LogP contribution in [0.1, 0.15) is 31.2 Å². The summed E-state index contributed by atoms with van der Waals surface area (Å²) in [5.74, 6) is -0.110. The molecule has 0 aliphatic heterocycles. The smallest absolute Gasteiger partial charge is 0.225 e. The van der Waals surface area contributed by atoms with Crippen molar-refractivity contribution >= 4 is 17.5 Å². The third-order valence-corrected chi connectivity index (χ3v) is 3.54. The molecule has 1 aromatic carbocycles. The molecule has 1 N–H and O–H groups in total. The van der Waals surface area contributed by atoms with E-state index in [1.807, 2.05) is 12.1 Å². The maximum atomic E-state index is 11.9. The molecule has 0 atom stereocenters. The molecular formula is C14H15ClN2O. The Hall–Kier alpha value is -1.53. The van der Waals surface area contributed by atoms with Gasteiger partial charge in [0.2, 0.25) is 5.91 Å². The van der Waals surface area contributed by atoms with Crippen molar-refractivity contribution in [2.75, 3.05) is 0 Å². The van der Waals surface area contributed by atoms with E-state index in [2.05, 4.69) is 11.4 Å². The predicted octanol–water partition coefficient (Wildman–Crippen LogP) is 2.84. The first-order valence-corrected chi connectivity index (χ1v) is 6.48. The third-order valence-electron chi connectivity index (χ3n) is 3.30. The number of carbonyl (C=O) groups is 1. The molecule has 1 aliphatic carbocycles. The molecule has 1 fully saturated rings. The van der Waals surface area contributed by atoms with Crippen LogP contribution in [0.15, 0.2) is 24.3 Å². The summed E-state index contributed by atoms with van der Waals surface area (Å²) < 4.78 is 0. The van der Waals surface area contributed by atoms with Gasteiger partial charge in [-0.2, -0.15) is 5.26 Å². The molecule has 94 valence electrons. The van der Waals surface area contributed by atoms with Crippen LogP contribution in [0.25, 0.3) is 0 Å². The predicted molar refractivity (Wildman–Crippen MR) is 70.1 cm³/mol. The van der Waals surface area contributed by atoms with Crippen LogP contribution in [0.5, 0.6) is 0 Å². The zero-order valence-electron chi connectivity index (χ0n) is 10.1. The van der Waals surface area contributed by atoms with Crippen molar-refractivity contribution in [3.63, 3.8) is 0 Å². The largest absolute Gasteiger partial charge is 0.338 e. The Morgan fingerprint density at radius 3 is 2.78 bits per heavy atom. The van der Waals surface area contributed by atoms with Gasteiger partial charge in [0, 0.05) is 5.02 Å². The van der Waals surface area contributed by atoms with E-state index < -0.39 is 5.54 Å². The lowest BCUT2D eigenvalue weighted by Crippen LogP contribution is -2.45. The normalized spacial score (nSPS) is 17.1. The lowest BCUT2D eigenvalue weighted by molar-refractivity contribution is -0.121. The van der Waals surface area contributed by atoms with Gasteiger partial charge in [0.05, 0.1) is 12.5 Å². The molecule has 1 aromatic rings. The molecule has 0 aromatic heterocycles. The first-order chi connectivity index (χ1) is 8.63. The summed E-state index contributed by atoms with van der Waals surface area (Å²) in [6.07, 6.45) is 3.79. The molecule has 0 bridgehead atoms. The van der Waals surface area contributed by atoms with Gasteiger partial charge in [-0.3, -0.25) is 4.79 Å².